The third-order valence-corrected chi connectivity index (χ3v) is 4.37. The van der Waals surface area contributed by atoms with E-state index in [1.807, 2.05) is 0 Å². The van der Waals surface area contributed by atoms with Crippen molar-refractivity contribution in [3.8, 4) is 0 Å². The van der Waals surface area contributed by atoms with E-state index in [-0.39, 0.29) is 4.47 Å². The summed E-state index contributed by atoms with van der Waals surface area (Å²) in [6.45, 7) is 2.25. The Kier molecular flexibility index (Phi) is 4.71. The molecule has 2 saturated heterocycles. The van der Waals surface area contributed by atoms with Gasteiger partial charge >= 0.3 is 23.6 Å². The second-order valence-corrected chi connectivity index (χ2v) is 6.49. The molecule has 0 saturated carbocycles. The summed E-state index contributed by atoms with van der Waals surface area (Å²) < 4.78 is 21.9. The highest BCUT2D eigenvalue weighted by Crippen LogP contribution is 2.39. The Morgan fingerprint density at radius 3 is 2.42 bits per heavy atom. The molecule has 5 atom stereocenters. The minimum absolute atomic E-state index is 0.0351. The van der Waals surface area contributed by atoms with Crippen LogP contribution in [0, 0.1) is 0 Å². The molecule has 0 aliphatic carbocycles. The summed E-state index contributed by atoms with van der Waals surface area (Å²) in [4.78, 5) is 60.3. The number of aromatic amines is 1. The van der Waals surface area contributed by atoms with Crippen LogP contribution in [0.4, 0.5) is 0 Å². The van der Waals surface area contributed by atoms with Crippen molar-refractivity contribution in [2.75, 3.05) is 0 Å². The van der Waals surface area contributed by atoms with E-state index < -0.39 is 59.8 Å². The lowest BCUT2D eigenvalue weighted by Gasteiger charge is -2.23. The van der Waals surface area contributed by atoms with Gasteiger partial charge in [0.2, 0.25) is 6.10 Å². The predicted octanol–water partition coefficient (Wildman–Crippen LogP) is -1.01. The minimum atomic E-state index is -1.36. The van der Waals surface area contributed by atoms with Gasteiger partial charge in [0.15, 0.2) is 18.4 Å². The normalized spacial score (nSPS) is 29.8. The lowest BCUT2D eigenvalue weighted by Crippen LogP contribution is -2.40. The maximum absolute atomic E-state index is 12.1. The van der Waals surface area contributed by atoms with Crippen LogP contribution >= 0.6 is 15.9 Å². The van der Waals surface area contributed by atoms with Crippen LogP contribution in [-0.2, 0) is 33.3 Å². The molecule has 12 heteroatoms. The lowest BCUT2D eigenvalue weighted by molar-refractivity contribution is -0.174. The zero-order valence-electron chi connectivity index (χ0n) is 13.5. The highest BCUT2D eigenvalue weighted by atomic mass is 79.9. The van der Waals surface area contributed by atoms with Crippen LogP contribution in [0.2, 0.25) is 0 Å². The molecule has 26 heavy (non-hydrogen) atoms. The summed E-state index contributed by atoms with van der Waals surface area (Å²) in [5.74, 6) is -2.28. The van der Waals surface area contributed by atoms with Gasteiger partial charge in [-0.05, 0) is 15.9 Å². The summed E-state index contributed by atoms with van der Waals surface area (Å²) in [6.07, 6.45) is -4.76. The summed E-state index contributed by atoms with van der Waals surface area (Å²) >= 11 is 2.99. The van der Waals surface area contributed by atoms with E-state index in [0.29, 0.717) is 0 Å². The molecule has 2 aliphatic heterocycles. The van der Waals surface area contributed by atoms with E-state index in [1.54, 1.807) is 0 Å². The van der Waals surface area contributed by atoms with Crippen molar-refractivity contribution < 1.29 is 33.3 Å². The number of hydrogen-bond acceptors (Lipinski definition) is 9. The van der Waals surface area contributed by atoms with Gasteiger partial charge in [0, 0.05) is 20.0 Å². The fourth-order valence-electron chi connectivity index (χ4n) is 2.86. The number of nitrogens with one attached hydrogen (secondary N) is 1. The van der Waals surface area contributed by atoms with Crippen molar-refractivity contribution in [2.24, 2.45) is 0 Å². The number of rotatable bonds is 3. The topological polar surface area (TPSA) is 143 Å². The number of esters is 3. The molecule has 1 aromatic rings. The molecule has 1 N–H and O–H groups in total. The van der Waals surface area contributed by atoms with Crippen LogP contribution in [-0.4, -0.2) is 51.9 Å². The van der Waals surface area contributed by atoms with Gasteiger partial charge in [-0.15, -0.1) is 0 Å². The average Bonchev–Trinajstić information content (AvgIpc) is 3.00. The molecule has 11 nitrogen and oxygen atoms in total. The van der Waals surface area contributed by atoms with Crippen molar-refractivity contribution in [3.63, 3.8) is 0 Å². The third-order valence-electron chi connectivity index (χ3n) is 3.80. The monoisotopic (exact) mass is 432 g/mol. The summed E-state index contributed by atoms with van der Waals surface area (Å²) in [7, 11) is 0. The van der Waals surface area contributed by atoms with Gasteiger partial charge in [-0.3, -0.25) is 23.9 Å². The Morgan fingerprint density at radius 1 is 1.15 bits per heavy atom. The van der Waals surface area contributed by atoms with Gasteiger partial charge in [0.05, 0.1) is 4.47 Å². The molecule has 0 aromatic carbocycles. The first-order valence-corrected chi connectivity index (χ1v) is 8.19. The van der Waals surface area contributed by atoms with Crippen molar-refractivity contribution in [3.05, 3.63) is 31.5 Å². The number of carbonyl (C=O) groups excluding carboxylic acids is 3. The average molecular weight is 433 g/mol. The molecule has 3 rings (SSSR count). The standard InChI is InChI=1S/C14H13BrN2O9/c1-4(18)23-9-7-8(10(13(21)26-7)24-5(2)19)25-12(9)17-3-6(15)11(20)16-14(17)22/h3,7-10,12H,1-2H3,(H,16,20,22). The number of hydrogen-bond donors (Lipinski definition) is 1. The Hall–Kier alpha value is -2.47. The van der Waals surface area contributed by atoms with E-state index >= 15 is 0 Å². The molecule has 0 spiro atoms. The third kappa shape index (κ3) is 3.17. The summed E-state index contributed by atoms with van der Waals surface area (Å²) in [6, 6.07) is 0. The number of ether oxygens (including phenoxy) is 4. The van der Waals surface area contributed by atoms with E-state index in [9.17, 15) is 24.0 Å². The Labute approximate surface area is 153 Å². The van der Waals surface area contributed by atoms with E-state index in [1.165, 1.54) is 0 Å². The molecular formula is C14H13BrN2O9. The van der Waals surface area contributed by atoms with Gasteiger partial charge in [0.25, 0.3) is 5.56 Å². The van der Waals surface area contributed by atoms with Crippen molar-refractivity contribution >= 4 is 33.8 Å². The van der Waals surface area contributed by atoms with Gasteiger partial charge in [-0.1, -0.05) is 0 Å². The first-order valence-electron chi connectivity index (χ1n) is 7.40. The SMILES string of the molecule is CC(=O)OC1C(=O)OC2C1OC(n1cc(Br)c(=O)[nH]c1=O)C2OC(C)=O. The first kappa shape index (κ1) is 18.3. The van der Waals surface area contributed by atoms with Crippen LogP contribution < -0.4 is 11.2 Å². The second-order valence-electron chi connectivity index (χ2n) is 5.64. The molecule has 5 unspecified atom stereocenters. The number of fused-ring (bicyclic) bond motifs is 1. The van der Waals surface area contributed by atoms with Gasteiger partial charge in [-0.25, -0.2) is 9.59 Å². The molecule has 0 amide bonds. The van der Waals surface area contributed by atoms with Crippen LogP contribution in [0.15, 0.2) is 20.3 Å². The summed E-state index contributed by atoms with van der Waals surface area (Å²) in [5.41, 5.74) is -1.48. The second kappa shape index (κ2) is 6.68. The molecule has 140 valence electrons. The first-order chi connectivity index (χ1) is 12.2. The van der Waals surface area contributed by atoms with Gasteiger partial charge in [-0.2, -0.15) is 0 Å². The largest absolute Gasteiger partial charge is 0.454 e. The number of aromatic nitrogens is 2. The van der Waals surface area contributed by atoms with E-state index in [2.05, 4.69) is 20.9 Å². The molecule has 2 fully saturated rings. The fourth-order valence-corrected chi connectivity index (χ4v) is 3.18. The van der Waals surface area contributed by atoms with Crippen LogP contribution in [0.25, 0.3) is 0 Å². The number of nitrogens with zero attached hydrogens (tertiary/aromatic N) is 1. The quantitative estimate of drug-likeness (QED) is 0.468. The van der Waals surface area contributed by atoms with Gasteiger partial charge in [0.1, 0.15) is 6.10 Å². The fraction of sp³-hybridized carbons (Fsp3) is 0.500. The molecule has 1 aromatic heterocycles. The van der Waals surface area contributed by atoms with E-state index in [4.69, 9.17) is 18.9 Å². The molecule has 0 bridgehead atoms. The maximum atomic E-state index is 12.1. The Morgan fingerprint density at radius 2 is 1.81 bits per heavy atom. The van der Waals surface area contributed by atoms with Crippen LogP contribution in [0.5, 0.6) is 0 Å². The highest BCUT2D eigenvalue weighted by molar-refractivity contribution is 9.10. The Balaban J connectivity index is 2.01. The maximum Gasteiger partial charge on any atom is 0.350 e. The lowest BCUT2D eigenvalue weighted by atomic mass is 10.1. The molecule has 3 heterocycles. The predicted molar refractivity (Wildman–Crippen MR) is 83.9 cm³/mol. The smallest absolute Gasteiger partial charge is 0.350 e. The van der Waals surface area contributed by atoms with Crippen molar-refractivity contribution in [1.29, 1.82) is 0 Å². The number of halogens is 1. The van der Waals surface area contributed by atoms with Crippen molar-refractivity contribution in [2.45, 2.75) is 44.5 Å². The molecule has 2 aliphatic rings. The minimum Gasteiger partial charge on any atom is -0.454 e. The molecular weight excluding hydrogens is 420 g/mol. The van der Waals surface area contributed by atoms with Gasteiger partial charge < -0.3 is 18.9 Å². The number of carbonyl (C=O) groups is 3. The number of H-pyrrole nitrogens is 1. The Bertz CT molecular complexity index is 891. The van der Waals surface area contributed by atoms with Crippen LogP contribution in [0.1, 0.15) is 20.1 Å². The summed E-state index contributed by atoms with van der Waals surface area (Å²) in [5, 5.41) is 0. The highest BCUT2D eigenvalue weighted by Gasteiger charge is 2.61. The van der Waals surface area contributed by atoms with Crippen molar-refractivity contribution in [1.82, 2.24) is 9.55 Å². The van der Waals surface area contributed by atoms with Crippen LogP contribution in [0.3, 0.4) is 0 Å². The molecule has 0 radical (unpaired) electrons. The van der Waals surface area contributed by atoms with E-state index in [0.717, 1.165) is 24.6 Å². The zero-order chi connectivity index (χ0) is 19.2. The zero-order valence-corrected chi connectivity index (χ0v) is 15.0.